The van der Waals surface area contributed by atoms with Crippen molar-refractivity contribution in [2.75, 3.05) is 0 Å². The Kier molecular flexibility index (Phi) is 3.82. The highest BCUT2D eigenvalue weighted by molar-refractivity contribution is 5.85. The molecule has 104 valence electrons. The zero-order chi connectivity index (χ0) is 14.8. The van der Waals surface area contributed by atoms with E-state index in [-0.39, 0.29) is 0 Å². The van der Waals surface area contributed by atoms with Crippen molar-refractivity contribution in [3.8, 4) is 0 Å². The fraction of sp³-hybridized carbons (Fsp3) is 0.222. The maximum Gasteiger partial charge on any atom is 0.462 e. The van der Waals surface area contributed by atoms with Crippen LogP contribution in [-0.2, 0) is 0 Å². The van der Waals surface area contributed by atoms with Crippen molar-refractivity contribution in [2.24, 2.45) is 4.99 Å². The van der Waals surface area contributed by atoms with E-state index in [1.807, 2.05) is 0 Å². The van der Waals surface area contributed by atoms with E-state index in [1.165, 1.54) is 0 Å². The summed E-state index contributed by atoms with van der Waals surface area (Å²) in [5, 5.41) is 10.3. The van der Waals surface area contributed by atoms with Crippen LogP contribution in [-0.4, -0.2) is 23.0 Å². The molecule has 0 aliphatic rings. The fourth-order valence-corrected chi connectivity index (χ4v) is 0.949. The maximum absolute atomic E-state index is 12.8. The molecule has 0 aromatic heterocycles. The van der Waals surface area contributed by atoms with E-state index in [0.717, 1.165) is 24.3 Å². The summed E-state index contributed by atoms with van der Waals surface area (Å²) in [6.45, 7) is 0. The van der Waals surface area contributed by atoms with E-state index in [9.17, 15) is 36.5 Å². The molecule has 0 N–H and O–H groups in total. The summed E-state index contributed by atoms with van der Waals surface area (Å²) in [5.41, 5.74) is -1.05. The van der Waals surface area contributed by atoms with Crippen molar-refractivity contribution in [1.82, 2.24) is 0 Å². The number of alkyl halides is 5. The van der Waals surface area contributed by atoms with Gasteiger partial charge in [0.15, 0.2) is 0 Å². The third-order valence-corrected chi connectivity index (χ3v) is 1.90. The first-order valence-electron chi connectivity index (χ1n) is 4.49. The lowest BCUT2D eigenvalue weighted by Gasteiger charge is -2.16. The second-order valence-corrected chi connectivity index (χ2v) is 3.25. The number of nitro groups is 1. The number of non-ortho nitro benzene ring substituents is 1. The maximum atomic E-state index is 12.8. The van der Waals surface area contributed by atoms with E-state index < -0.39 is 34.4 Å². The van der Waals surface area contributed by atoms with Crippen molar-refractivity contribution in [2.45, 2.75) is 12.1 Å². The Hall–Kier alpha value is -2.13. The lowest BCUT2D eigenvalue weighted by Crippen LogP contribution is -2.42. The highest BCUT2D eigenvalue weighted by Crippen LogP contribution is 2.37. The Labute approximate surface area is 101 Å². The first-order chi connectivity index (χ1) is 8.55. The molecule has 0 aliphatic heterocycles. The minimum atomic E-state index is -6.11. The third-order valence-electron chi connectivity index (χ3n) is 1.90. The summed E-state index contributed by atoms with van der Waals surface area (Å²) in [5.74, 6) is -8.65. The second-order valence-electron chi connectivity index (χ2n) is 3.25. The number of hydrogen-bond donors (Lipinski definition) is 0. The predicted molar refractivity (Wildman–Crippen MR) is 52.3 cm³/mol. The van der Waals surface area contributed by atoms with Crippen molar-refractivity contribution >= 4 is 17.3 Å². The van der Waals surface area contributed by atoms with Gasteiger partial charge in [-0.15, -0.1) is 0 Å². The molecule has 0 bridgehead atoms. The molecule has 10 heteroatoms. The van der Waals surface area contributed by atoms with Crippen LogP contribution in [0.1, 0.15) is 0 Å². The lowest BCUT2D eigenvalue weighted by molar-refractivity contribution is -0.384. The van der Waals surface area contributed by atoms with Gasteiger partial charge in [0.05, 0.1) is 10.6 Å². The van der Waals surface area contributed by atoms with Crippen LogP contribution < -0.4 is 0 Å². The van der Waals surface area contributed by atoms with Gasteiger partial charge >= 0.3 is 12.1 Å². The van der Waals surface area contributed by atoms with Gasteiger partial charge in [0.2, 0.25) is 0 Å². The minimum Gasteiger partial charge on any atom is -0.258 e. The van der Waals surface area contributed by atoms with Crippen LogP contribution in [0.4, 0.5) is 37.7 Å². The highest BCUT2D eigenvalue weighted by atomic mass is 19.4. The predicted octanol–water partition coefficient (Wildman–Crippen LogP) is 3.79. The van der Waals surface area contributed by atoms with Crippen LogP contribution >= 0.6 is 0 Å². The van der Waals surface area contributed by atoms with Crippen LogP contribution in [0.2, 0.25) is 0 Å². The van der Waals surface area contributed by atoms with Crippen molar-refractivity contribution < 1.29 is 31.3 Å². The minimum absolute atomic E-state index is 0.443. The average Bonchev–Trinajstić information content (AvgIpc) is 2.28. The summed E-state index contributed by atoms with van der Waals surface area (Å²) in [4.78, 5) is 11.9. The van der Waals surface area contributed by atoms with Crippen molar-refractivity contribution in [1.29, 1.82) is 0 Å². The average molecular weight is 286 g/mol. The fourth-order valence-electron chi connectivity index (χ4n) is 0.949. The van der Waals surface area contributed by atoms with E-state index >= 15 is 0 Å². The number of benzene rings is 1. The SMILES string of the molecule is O=[N+]([O-])c1ccc(N=C(F)C(F)(F)C(F)(F)F)cc1. The van der Waals surface area contributed by atoms with E-state index in [2.05, 4.69) is 4.99 Å². The van der Waals surface area contributed by atoms with Gasteiger partial charge in [0.25, 0.3) is 11.7 Å². The zero-order valence-corrected chi connectivity index (χ0v) is 8.79. The van der Waals surface area contributed by atoms with Crippen LogP contribution in [0.15, 0.2) is 29.3 Å². The largest absolute Gasteiger partial charge is 0.462 e. The number of rotatable bonds is 3. The zero-order valence-electron chi connectivity index (χ0n) is 8.79. The summed E-state index contributed by atoms with van der Waals surface area (Å²) in [6.07, 6.45) is -6.11. The second kappa shape index (κ2) is 4.86. The normalized spacial score (nSPS) is 13.5. The van der Waals surface area contributed by atoms with Crippen LogP contribution in [0, 0.1) is 10.1 Å². The summed E-state index contributed by atoms with van der Waals surface area (Å²) in [6, 6.07) is 3.06. The van der Waals surface area contributed by atoms with Crippen LogP contribution in [0.5, 0.6) is 0 Å². The Morgan fingerprint density at radius 3 is 1.95 bits per heavy atom. The number of hydrogen-bond acceptors (Lipinski definition) is 3. The van der Waals surface area contributed by atoms with Crippen LogP contribution in [0.3, 0.4) is 0 Å². The van der Waals surface area contributed by atoms with Gasteiger partial charge in [-0.1, -0.05) is 0 Å². The molecule has 0 atom stereocenters. The smallest absolute Gasteiger partial charge is 0.258 e. The monoisotopic (exact) mass is 286 g/mol. The molecule has 0 radical (unpaired) electrons. The molecule has 0 spiro atoms. The molecule has 0 saturated heterocycles. The molecule has 0 amide bonds. The lowest BCUT2D eigenvalue weighted by atomic mass is 10.3. The summed E-state index contributed by atoms with van der Waals surface area (Å²) >= 11 is 0. The quantitative estimate of drug-likeness (QED) is 0.367. The molecule has 0 saturated carbocycles. The molecule has 19 heavy (non-hydrogen) atoms. The van der Waals surface area contributed by atoms with Gasteiger partial charge in [-0.25, -0.2) is 4.99 Å². The number of nitrogens with zero attached hydrogens (tertiary/aromatic N) is 2. The topological polar surface area (TPSA) is 55.5 Å². The van der Waals surface area contributed by atoms with Crippen molar-refractivity contribution in [3.05, 3.63) is 34.4 Å². The highest BCUT2D eigenvalue weighted by Gasteiger charge is 2.62. The van der Waals surface area contributed by atoms with E-state index in [4.69, 9.17) is 0 Å². The van der Waals surface area contributed by atoms with E-state index in [1.54, 1.807) is 0 Å². The molecule has 0 fully saturated rings. The molecule has 1 aromatic rings. The molecule has 0 unspecified atom stereocenters. The first-order valence-corrected chi connectivity index (χ1v) is 4.49. The van der Waals surface area contributed by atoms with Gasteiger partial charge in [-0.3, -0.25) is 10.1 Å². The van der Waals surface area contributed by atoms with Gasteiger partial charge in [0.1, 0.15) is 0 Å². The summed E-state index contributed by atoms with van der Waals surface area (Å²) < 4.78 is 73.1. The number of aliphatic imine (C=N–C) groups is 1. The molecule has 4 nitrogen and oxygen atoms in total. The molecular formula is C9H4F6N2O2. The first kappa shape index (κ1) is 14.9. The summed E-state index contributed by atoms with van der Waals surface area (Å²) in [7, 11) is 0. The van der Waals surface area contributed by atoms with Gasteiger partial charge in [0, 0.05) is 12.1 Å². The molecular weight excluding hydrogens is 282 g/mol. The number of nitro benzene ring substituents is 1. The molecule has 0 heterocycles. The van der Waals surface area contributed by atoms with Crippen LogP contribution in [0.25, 0.3) is 0 Å². The third kappa shape index (κ3) is 3.20. The molecule has 0 aliphatic carbocycles. The number of halogens is 6. The Morgan fingerprint density at radius 2 is 1.58 bits per heavy atom. The Bertz CT molecular complexity index is 508. The molecule has 1 rings (SSSR count). The van der Waals surface area contributed by atoms with Crippen molar-refractivity contribution in [3.63, 3.8) is 0 Å². The van der Waals surface area contributed by atoms with Gasteiger partial charge in [-0.2, -0.15) is 26.3 Å². The molecule has 1 aromatic carbocycles. The van der Waals surface area contributed by atoms with Gasteiger partial charge < -0.3 is 0 Å². The van der Waals surface area contributed by atoms with Gasteiger partial charge in [-0.05, 0) is 12.1 Å². The Balaban J connectivity index is 3.06. The standard InChI is InChI=1S/C9H4F6N2O2/c10-7(8(11,12)9(13,14)15)16-5-1-3-6(4-2-5)17(18)19/h1-4H. The van der Waals surface area contributed by atoms with E-state index in [0.29, 0.717) is 0 Å². The Morgan fingerprint density at radius 1 is 1.11 bits per heavy atom.